The van der Waals surface area contributed by atoms with Gasteiger partial charge in [0.25, 0.3) is 0 Å². The van der Waals surface area contributed by atoms with E-state index in [0.717, 1.165) is 45.1 Å². The molecule has 27 heavy (non-hydrogen) atoms. The van der Waals surface area contributed by atoms with Crippen molar-refractivity contribution in [3.8, 4) is 0 Å². The third-order valence-electron chi connectivity index (χ3n) is 5.03. The van der Waals surface area contributed by atoms with E-state index in [1.807, 2.05) is 4.90 Å². The number of anilines is 1. The zero-order valence-electron chi connectivity index (χ0n) is 15.6. The average molecular weight is 376 g/mol. The Morgan fingerprint density at radius 2 is 2.19 bits per heavy atom. The Kier molecular flexibility index (Phi) is 5.65. The minimum Gasteiger partial charge on any atom is -0.477 e. The summed E-state index contributed by atoms with van der Waals surface area (Å²) in [7, 11) is 1.61. The van der Waals surface area contributed by atoms with E-state index in [2.05, 4.69) is 17.7 Å². The lowest BCUT2D eigenvalue weighted by Crippen LogP contribution is -2.27. The molecule has 0 bridgehead atoms. The van der Waals surface area contributed by atoms with E-state index in [-0.39, 0.29) is 5.39 Å². The minimum absolute atomic E-state index is 0.0471. The van der Waals surface area contributed by atoms with Gasteiger partial charge in [0, 0.05) is 26.3 Å². The minimum atomic E-state index is -1.34. The summed E-state index contributed by atoms with van der Waals surface area (Å²) in [5, 5.41) is 12.7. The fourth-order valence-electron chi connectivity index (χ4n) is 3.62. The molecule has 0 amide bonds. The number of aromatic carboxylic acids is 1. The summed E-state index contributed by atoms with van der Waals surface area (Å²) in [5.74, 6) is -1.39. The van der Waals surface area contributed by atoms with Gasteiger partial charge >= 0.3 is 5.97 Å². The Bertz CT molecular complexity index is 912. The SMILES string of the molecule is CCCNCC1CCN(c2cc3c(cc2F)c(=O)c(C(=O)O)cn3NC)C1. The second kappa shape index (κ2) is 7.96. The van der Waals surface area contributed by atoms with Crippen molar-refractivity contribution in [1.82, 2.24) is 9.99 Å². The van der Waals surface area contributed by atoms with Crippen LogP contribution in [-0.4, -0.2) is 49.0 Å². The number of carboxylic acids is 1. The second-order valence-corrected chi connectivity index (χ2v) is 6.90. The van der Waals surface area contributed by atoms with Crippen molar-refractivity contribution < 1.29 is 14.3 Å². The highest BCUT2D eigenvalue weighted by Gasteiger charge is 2.25. The van der Waals surface area contributed by atoms with Gasteiger partial charge in [-0.2, -0.15) is 0 Å². The Morgan fingerprint density at radius 3 is 2.85 bits per heavy atom. The van der Waals surface area contributed by atoms with Crippen LogP contribution in [0.5, 0.6) is 0 Å². The van der Waals surface area contributed by atoms with Crippen LogP contribution in [-0.2, 0) is 0 Å². The number of rotatable bonds is 7. The van der Waals surface area contributed by atoms with Crippen molar-refractivity contribution in [2.24, 2.45) is 5.92 Å². The van der Waals surface area contributed by atoms with Crippen molar-refractivity contribution in [3.63, 3.8) is 0 Å². The number of nitrogens with one attached hydrogen (secondary N) is 2. The molecular weight excluding hydrogens is 351 g/mol. The van der Waals surface area contributed by atoms with Gasteiger partial charge in [0.05, 0.1) is 16.6 Å². The first-order chi connectivity index (χ1) is 13.0. The maximum Gasteiger partial charge on any atom is 0.341 e. The van der Waals surface area contributed by atoms with Gasteiger partial charge in [-0.25, -0.2) is 9.18 Å². The van der Waals surface area contributed by atoms with Gasteiger partial charge in [0.15, 0.2) is 0 Å². The van der Waals surface area contributed by atoms with Gasteiger partial charge < -0.3 is 20.7 Å². The maximum atomic E-state index is 14.8. The van der Waals surface area contributed by atoms with Crippen LogP contribution in [0.4, 0.5) is 10.1 Å². The van der Waals surface area contributed by atoms with Crippen molar-refractivity contribution in [3.05, 3.63) is 39.9 Å². The van der Waals surface area contributed by atoms with E-state index in [1.54, 1.807) is 13.1 Å². The average Bonchev–Trinajstić information content (AvgIpc) is 3.10. The summed E-state index contributed by atoms with van der Waals surface area (Å²) < 4.78 is 16.2. The molecule has 1 aromatic heterocycles. The summed E-state index contributed by atoms with van der Waals surface area (Å²) in [6, 6.07) is 2.77. The number of fused-ring (bicyclic) bond motifs is 1. The molecule has 1 aliphatic heterocycles. The Labute approximate surface area is 156 Å². The number of pyridine rings is 1. The number of aromatic nitrogens is 1. The smallest absolute Gasteiger partial charge is 0.341 e. The quantitative estimate of drug-likeness (QED) is 0.640. The number of nitrogens with zero attached hydrogens (tertiary/aromatic N) is 2. The Morgan fingerprint density at radius 1 is 1.41 bits per heavy atom. The highest BCUT2D eigenvalue weighted by atomic mass is 19.1. The summed E-state index contributed by atoms with van der Waals surface area (Å²) in [6.45, 7) is 5.49. The fourth-order valence-corrected chi connectivity index (χ4v) is 3.62. The first-order valence-corrected chi connectivity index (χ1v) is 9.21. The number of halogens is 1. The van der Waals surface area contributed by atoms with Crippen LogP contribution in [0.15, 0.2) is 23.1 Å². The molecule has 0 aliphatic carbocycles. The molecule has 1 aromatic carbocycles. The molecule has 1 fully saturated rings. The lowest BCUT2D eigenvalue weighted by atomic mass is 10.1. The molecule has 0 saturated carbocycles. The Balaban J connectivity index is 1.96. The van der Waals surface area contributed by atoms with Crippen LogP contribution in [0.25, 0.3) is 10.9 Å². The van der Waals surface area contributed by atoms with Crippen LogP contribution < -0.4 is 21.1 Å². The van der Waals surface area contributed by atoms with E-state index in [9.17, 15) is 19.1 Å². The molecule has 1 atom stereocenters. The van der Waals surface area contributed by atoms with E-state index >= 15 is 0 Å². The van der Waals surface area contributed by atoms with Gasteiger partial charge in [0.2, 0.25) is 5.43 Å². The highest BCUT2D eigenvalue weighted by Crippen LogP contribution is 2.29. The van der Waals surface area contributed by atoms with E-state index in [4.69, 9.17) is 0 Å². The number of hydrogen-bond donors (Lipinski definition) is 3. The molecule has 3 N–H and O–H groups in total. The number of hydrogen-bond acceptors (Lipinski definition) is 5. The number of benzene rings is 1. The van der Waals surface area contributed by atoms with Crippen molar-refractivity contribution in [2.45, 2.75) is 19.8 Å². The molecule has 0 radical (unpaired) electrons. The first kappa shape index (κ1) is 19.2. The lowest BCUT2D eigenvalue weighted by Gasteiger charge is -2.21. The van der Waals surface area contributed by atoms with Crippen molar-refractivity contribution in [1.29, 1.82) is 0 Å². The molecule has 1 saturated heterocycles. The van der Waals surface area contributed by atoms with Crippen molar-refractivity contribution >= 4 is 22.6 Å². The molecular formula is C19H25FN4O3. The molecule has 7 nitrogen and oxygen atoms in total. The van der Waals surface area contributed by atoms with Gasteiger partial charge in [-0.3, -0.25) is 9.47 Å². The lowest BCUT2D eigenvalue weighted by molar-refractivity contribution is 0.0695. The molecule has 3 rings (SSSR count). The van der Waals surface area contributed by atoms with Gasteiger partial charge in [0.1, 0.15) is 11.4 Å². The van der Waals surface area contributed by atoms with Crippen LogP contribution >= 0.6 is 0 Å². The zero-order valence-corrected chi connectivity index (χ0v) is 15.6. The van der Waals surface area contributed by atoms with Crippen LogP contribution in [0.1, 0.15) is 30.1 Å². The fraction of sp³-hybridized carbons (Fsp3) is 0.474. The molecule has 8 heteroatoms. The first-order valence-electron chi connectivity index (χ1n) is 9.21. The molecule has 146 valence electrons. The molecule has 1 aliphatic rings. The molecule has 2 heterocycles. The molecule has 1 unspecified atom stereocenters. The summed E-state index contributed by atoms with van der Waals surface area (Å²) in [6.07, 6.45) is 3.29. The topological polar surface area (TPSA) is 86.6 Å². The normalized spacial score (nSPS) is 16.9. The van der Waals surface area contributed by atoms with Gasteiger partial charge in [-0.15, -0.1) is 0 Å². The third kappa shape index (κ3) is 3.75. The summed E-state index contributed by atoms with van der Waals surface area (Å²) in [5.41, 5.74) is 2.65. The maximum absolute atomic E-state index is 14.8. The van der Waals surface area contributed by atoms with Crippen molar-refractivity contribution in [2.75, 3.05) is 43.6 Å². The van der Waals surface area contributed by atoms with Gasteiger partial charge in [-0.1, -0.05) is 6.92 Å². The molecule has 2 aromatic rings. The van der Waals surface area contributed by atoms with E-state index in [0.29, 0.717) is 17.1 Å². The monoisotopic (exact) mass is 376 g/mol. The second-order valence-electron chi connectivity index (χ2n) is 6.90. The van der Waals surface area contributed by atoms with Crippen LogP contribution in [0.2, 0.25) is 0 Å². The van der Waals surface area contributed by atoms with Crippen LogP contribution in [0.3, 0.4) is 0 Å². The summed E-state index contributed by atoms with van der Waals surface area (Å²) in [4.78, 5) is 25.7. The number of carboxylic acid groups (broad SMARTS) is 1. The third-order valence-corrected chi connectivity index (χ3v) is 5.03. The number of carbonyl (C=O) groups is 1. The standard InChI is InChI=1S/C19H25FN4O3/c1-3-5-22-9-12-4-6-23(10-12)17-8-16-13(7-15(17)20)18(25)14(19(26)27)11-24(16)21-2/h7-8,11-12,21-22H,3-6,9-10H2,1-2H3,(H,26,27). The Hall–Kier alpha value is -2.61. The highest BCUT2D eigenvalue weighted by molar-refractivity contribution is 5.93. The van der Waals surface area contributed by atoms with E-state index < -0.39 is 22.8 Å². The van der Waals surface area contributed by atoms with Crippen LogP contribution in [0, 0.1) is 11.7 Å². The van der Waals surface area contributed by atoms with E-state index in [1.165, 1.54) is 10.9 Å². The predicted molar refractivity (Wildman–Crippen MR) is 104 cm³/mol. The summed E-state index contributed by atoms with van der Waals surface area (Å²) >= 11 is 0. The molecule has 0 spiro atoms. The zero-order chi connectivity index (χ0) is 19.6. The largest absolute Gasteiger partial charge is 0.477 e. The van der Waals surface area contributed by atoms with Gasteiger partial charge in [-0.05, 0) is 44.0 Å². The predicted octanol–water partition coefficient (Wildman–Crippen LogP) is 1.84.